The van der Waals surface area contributed by atoms with Gasteiger partial charge in [-0.3, -0.25) is 0 Å². The zero-order valence-corrected chi connectivity index (χ0v) is 11.9. The molecule has 4 heteroatoms. The number of ether oxygens (including phenoxy) is 1. The molecule has 0 aliphatic carbocycles. The maximum Gasteiger partial charge on any atom is 0.302 e. The van der Waals surface area contributed by atoms with E-state index < -0.39 is 11.8 Å². The van der Waals surface area contributed by atoms with Crippen LogP contribution in [0.15, 0.2) is 0 Å². The highest BCUT2D eigenvalue weighted by molar-refractivity contribution is 4.76. The fourth-order valence-corrected chi connectivity index (χ4v) is 1.63. The second-order valence-electron chi connectivity index (χ2n) is 5.13. The van der Waals surface area contributed by atoms with Gasteiger partial charge in [0.05, 0.1) is 6.61 Å². The molecule has 0 spiro atoms. The topological polar surface area (TPSA) is 9.23 Å². The van der Waals surface area contributed by atoms with Gasteiger partial charge in [0.1, 0.15) is 0 Å². The van der Waals surface area contributed by atoms with Crippen molar-refractivity contribution < 1.29 is 17.9 Å². The minimum absolute atomic E-state index is 0.0609. The maximum atomic E-state index is 13.3. The Bertz CT molecular complexity index is 200. The van der Waals surface area contributed by atoms with Crippen LogP contribution in [-0.2, 0) is 4.74 Å². The summed E-state index contributed by atoms with van der Waals surface area (Å²) in [5, 5.41) is 0. The van der Waals surface area contributed by atoms with Gasteiger partial charge in [0.15, 0.2) is 0 Å². The smallest absolute Gasteiger partial charge is 0.302 e. The van der Waals surface area contributed by atoms with Gasteiger partial charge >= 0.3 is 5.92 Å². The highest BCUT2D eigenvalue weighted by Gasteiger charge is 2.48. The zero-order valence-electron chi connectivity index (χ0n) is 11.9. The summed E-state index contributed by atoms with van der Waals surface area (Å²) in [6.45, 7) is 3.57. The van der Waals surface area contributed by atoms with E-state index in [0.29, 0.717) is 13.3 Å². The number of alkyl halides is 3. The molecule has 0 aliphatic rings. The van der Waals surface area contributed by atoms with Crippen molar-refractivity contribution in [1.29, 1.82) is 0 Å². The third-order valence-electron chi connectivity index (χ3n) is 3.16. The number of hydrogen-bond donors (Lipinski definition) is 0. The summed E-state index contributed by atoms with van der Waals surface area (Å²) in [6, 6.07) is 0. The molecule has 0 rings (SSSR count). The molecule has 0 bridgehead atoms. The van der Waals surface area contributed by atoms with Crippen LogP contribution in [-0.4, -0.2) is 18.4 Å². The quantitative estimate of drug-likeness (QED) is 0.450. The van der Waals surface area contributed by atoms with Gasteiger partial charge in [0.25, 0.3) is 5.85 Å². The van der Waals surface area contributed by atoms with Crippen molar-refractivity contribution >= 4 is 0 Å². The van der Waals surface area contributed by atoms with E-state index in [1.54, 1.807) is 0 Å². The summed E-state index contributed by atoms with van der Waals surface area (Å²) < 4.78 is 43.5. The third kappa shape index (κ3) is 7.96. The molecule has 0 fully saturated rings. The number of rotatable bonds is 11. The summed E-state index contributed by atoms with van der Waals surface area (Å²) in [7, 11) is 0. The third-order valence-corrected chi connectivity index (χ3v) is 3.16. The lowest BCUT2D eigenvalue weighted by molar-refractivity contribution is -0.259. The molecule has 0 heterocycles. The van der Waals surface area contributed by atoms with Crippen molar-refractivity contribution in [3.05, 3.63) is 0 Å². The molecule has 1 atom stereocenters. The fraction of sp³-hybridized carbons (Fsp3) is 1.00. The molecule has 0 aromatic rings. The van der Waals surface area contributed by atoms with Gasteiger partial charge in [-0.25, -0.2) is 13.2 Å². The molecule has 1 unspecified atom stereocenters. The second-order valence-corrected chi connectivity index (χ2v) is 5.13. The van der Waals surface area contributed by atoms with Crippen LogP contribution in [0.1, 0.15) is 72.1 Å². The van der Waals surface area contributed by atoms with Crippen molar-refractivity contribution in [2.45, 2.75) is 83.9 Å². The lowest BCUT2D eigenvalue weighted by atomic mass is 10.1. The Morgan fingerprint density at radius 2 is 1.22 bits per heavy atom. The van der Waals surface area contributed by atoms with E-state index in [2.05, 4.69) is 11.7 Å². The SMILES string of the molecule is CCCCCCCCCCOC(C)(F)C(C)(F)F. The second kappa shape index (κ2) is 8.78. The van der Waals surface area contributed by atoms with Gasteiger partial charge in [0, 0.05) is 13.8 Å². The number of unbranched alkanes of at least 4 members (excludes halogenated alkanes) is 7. The first-order chi connectivity index (χ1) is 8.31. The van der Waals surface area contributed by atoms with Crippen LogP contribution in [0.3, 0.4) is 0 Å². The summed E-state index contributed by atoms with van der Waals surface area (Å²) in [4.78, 5) is 0. The van der Waals surface area contributed by atoms with E-state index in [1.807, 2.05) is 0 Å². The molecule has 0 aromatic carbocycles. The molecule has 18 heavy (non-hydrogen) atoms. The Balaban J connectivity index is 3.41. The Morgan fingerprint density at radius 3 is 1.67 bits per heavy atom. The standard InChI is InChI=1S/C14H27F3O/c1-4-5-6-7-8-9-10-11-12-18-14(3,17)13(2,15)16/h4-12H2,1-3H3. The van der Waals surface area contributed by atoms with Crippen molar-refractivity contribution in [2.24, 2.45) is 0 Å². The molecule has 0 radical (unpaired) electrons. The minimum Gasteiger partial charge on any atom is -0.341 e. The Hall–Kier alpha value is -0.250. The van der Waals surface area contributed by atoms with Crippen molar-refractivity contribution in [2.75, 3.05) is 6.61 Å². The van der Waals surface area contributed by atoms with Crippen LogP contribution in [0.5, 0.6) is 0 Å². The van der Waals surface area contributed by atoms with Gasteiger partial charge in [0.2, 0.25) is 0 Å². The predicted molar refractivity (Wildman–Crippen MR) is 68.7 cm³/mol. The zero-order chi connectivity index (χ0) is 14.1. The van der Waals surface area contributed by atoms with E-state index in [0.717, 1.165) is 26.2 Å². The largest absolute Gasteiger partial charge is 0.341 e. The molecule has 1 nitrogen and oxygen atoms in total. The summed E-state index contributed by atoms with van der Waals surface area (Å²) in [6.07, 6.45) is 8.78. The lowest BCUT2D eigenvalue weighted by Crippen LogP contribution is -2.41. The molecular formula is C14H27F3O. The summed E-state index contributed by atoms with van der Waals surface area (Å²) >= 11 is 0. The van der Waals surface area contributed by atoms with Gasteiger partial charge in [-0.15, -0.1) is 0 Å². The first-order valence-electron chi connectivity index (χ1n) is 7.02. The van der Waals surface area contributed by atoms with E-state index in [-0.39, 0.29) is 6.61 Å². The van der Waals surface area contributed by atoms with Crippen LogP contribution < -0.4 is 0 Å². The van der Waals surface area contributed by atoms with E-state index in [4.69, 9.17) is 0 Å². The Kier molecular flexibility index (Phi) is 8.66. The maximum absolute atomic E-state index is 13.3. The molecule has 110 valence electrons. The fourth-order valence-electron chi connectivity index (χ4n) is 1.63. The van der Waals surface area contributed by atoms with E-state index in [1.165, 1.54) is 25.7 Å². The first-order valence-corrected chi connectivity index (χ1v) is 7.02. The molecular weight excluding hydrogens is 241 g/mol. The molecule has 0 amide bonds. The van der Waals surface area contributed by atoms with Crippen molar-refractivity contribution in [3.63, 3.8) is 0 Å². The summed E-state index contributed by atoms with van der Waals surface area (Å²) in [5.41, 5.74) is 0. The van der Waals surface area contributed by atoms with Gasteiger partial charge in [-0.1, -0.05) is 51.9 Å². The number of hydrogen-bond acceptors (Lipinski definition) is 1. The van der Waals surface area contributed by atoms with Crippen LogP contribution in [0.4, 0.5) is 13.2 Å². The average molecular weight is 268 g/mol. The van der Waals surface area contributed by atoms with Crippen LogP contribution in [0.2, 0.25) is 0 Å². The lowest BCUT2D eigenvalue weighted by Gasteiger charge is -2.27. The van der Waals surface area contributed by atoms with Gasteiger partial charge in [-0.2, -0.15) is 0 Å². The van der Waals surface area contributed by atoms with E-state index in [9.17, 15) is 13.2 Å². The Morgan fingerprint density at radius 1 is 0.778 bits per heavy atom. The predicted octanol–water partition coefficient (Wildman–Crippen LogP) is 5.48. The van der Waals surface area contributed by atoms with Crippen LogP contribution in [0.25, 0.3) is 0 Å². The number of halogens is 3. The first kappa shape index (κ1) is 17.8. The normalized spacial score (nSPS) is 15.7. The molecule has 0 saturated heterocycles. The Labute approximate surface area is 109 Å². The molecule has 0 N–H and O–H groups in total. The van der Waals surface area contributed by atoms with Crippen molar-refractivity contribution in [3.8, 4) is 0 Å². The highest BCUT2D eigenvalue weighted by atomic mass is 19.3. The highest BCUT2D eigenvalue weighted by Crippen LogP contribution is 2.32. The van der Waals surface area contributed by atoms with Crippen LogP contribution in [0, 0.1) is 0 Å². The monoisotopic (exact) mass is 268 g/mol. The van der Waals surface area contributed by atoms with Crippen LogP contribution >= 0.6 is 0 Å². The molecule has 0 saturated carbocycles. The van der Waals surface area contributed by atoms with Gasteiger partial charge in [-0.05, 0) is 6.42 Å². The minimum atomic E-state index is -3.45. The molecule has 0 aromatic heterocycles. The molecule has 0 aliphatic heterocycles. The average Bonchev–Trinajstić information content (AvgIpc) is 2.25. The van der Waals surface area contributed by atoms with Crippen molar-refractivity contribution in [1.82, 2.24) is 0 Å². The van der Waals surface area contributed by atoms with E-state index >= 15 is 0 Å². The van der Waals surface area contributed by atoms with Gasteiger partial charge < -0.3 is 4.74 Å². The summed E-state index contributed by atoms with van der Waals surface area (Å²) in [5.74, 6) is -6.30.